The molecule has 0 saturated heterocycles. The molecule has 2 aromatic rings. The normalized spacial score (nSPS) is 11.5. The summed E-state index contributed by atoms with van der Waals surface area (Å²) < 4.78 is 12.7. The van der Waals surface area contributed by atoms with Crippen LogP contribution in [0.1, 0.15) is 20.3 Å². The summed E-state index contributed by atoms with van der Waals surface area (Å²) in [7, 11) is 0. The highest BCUT2D eigenvalue weighted by Crippen LogP contribution is 2.14. The molecule has 2 heterocycles. The van der Waals surface area contributed by atoms with Gasteiger partial charge in [-0.05, 0) is 26.2 Å². The number of hydrogen-bond acceptors (Lipinski definition) is 6. The van der Waals surface area contributed by atoms with Gasteiger partial charge < -0.3 is 9.47 Å². The van der Waals surface area contributed by atoms with Crippen LogP contribution in [0.3, 0.4) is 0 Å². The van der Waals surface area contributed by atoms with Crippen molar-refractivity contribution >= 4 is 22.8 Å². The van der Waals surface area contributed by atoms with E-state index in [4.69, 9.17) is 9.47 Å². The van der Waals surface area contributed by atoms with E-state index in [-0.39, 0.29) is 11.8 Å². The van der Waals surface area contributed by atoms with Crippen molar-refractivity contribution in [1.29, 1.82) is 0 Å². The molecule has 0 bridgehead atoms. The van der Waals surface area contributed by atoms with E-state index < -0.39 is 0 Å². The zero-order valence-corrected chi connectivity index (χ0v) is 13.9. The Morgan fingerprint density at radius 2 is 2.00 bits per heavy atom. The van der Waals surface area contributed by atoms with E-state index in [0.29, 0.717) is 37.0 Å². The summed E-state index contributed by atoms with van der Waals surface area (Å²) in [6.07, 6.45) is 3.94. The number of nitrogens with zero attached hydrogens (tertiary/aromatic N) is 3. The number of aryl methyl sites for hydroxylation is 1. The molecule has 2 aromatic heterocycles. The fourth-order valence-corrected chi connectivity index (χ4v) is 2.53. The number of fused-ring (bicyclic) bond motifs is 1. The van der Waals surface area contributed by atoms with Crippen LogP contribution in [0.2, 0.25) is 0 Å². The van der Waals surface area contributed by atoms with Gasteiger partial charge in [0.1, 0.15) is 5.65 Å². The highest BCUT2D eigenvalue weighted by molar-refractivity contribution is 7.98. The fraction of sp³-hybridized carbons (Fsp3) is 0.533. The fourth-order valence-electron chi connectivity index (χ4n) is 2.19. The molecule has 7 heteroatoms. The molecule has 0 spiro atoms. The SMILES string of the molecule is CCOC(CCn1c(=O)ccc2cnc(SC)nc21)OCC. The lowest BCUT2D eigenvalue weighted by Gasteiger charge is -2.18. The molecule has 0 aliphatic heterocycles. The van der Waals surface area contributed by atoms with E-state index in [9.17, 15) is 4.79 Å². The molecule has 0 aromatic carbocycles. The van der Waals surface area contributed by atoms with Gasteiger partial charge in [0.15, 0.2) is 11.4 Å². The molecule has 2 rings (SSSR count). The molecule has 0 aliphatic carbocycles. The standard InChI is InChI=1S/C15H21N3O3S/c1-4-20-13(21-5-2)8-9-18-12(19)7-6-11-10-16-15(22-3)17-14(11)18/h6-7,10,13H,4-5,8-9H2,1-3H3. The van der Waals surface area contributed by atoms with Gasteiger partial charge in [0.2, 0.25) is 0 Å². The Labute approximate surface area is 133 Å². The summed E-state index contributed by atoms with van der Waals surface area (Å²) in [4.78, 5) is 20.9. The van der Waals surface area contributed by atoms with Crippen molar-refractivity contribution in [2.24, 2.45) is 0 Å². The Kier molecular flexibility index (Phi) is 6.35. The van der Waals surface area contributed by atoms with Crippen LogP contribution in [-0.4, -0.2) is 40.3 Å². The highest BCUT2D eigenvalue weighted by Gasteiger charge is 2.11. The van der Waals surface area contributed by atoms with Crippen LogP contribution < -0.4 is 5.56 Å². The van der Waals surface area contributed by atoms with Gasteiger partial charge in [0.25, 0.3) is 5.56 Å². The molecule has 0 N–H and O–H groups in total. The average Bonchev–Trinajstić information content (AvgIpc) is 2.53. The van der Waals surface area contributed by atoms with Crippen molar-refractivity contribution in [2.45, 2.75) is 38.3 Å². The van der Waals surface area contributed by atoms with Gasteiger partial charge in [-0.15, -0.1) is 0 Å². The Bertz CT molecular complexity index is 669. The van der Waals surface area contributed by atoms with Gasteiger partial charge in [-0.1, -0.05) is 11.8 Å². The number of pyridine rings is 1. The number of thioether (sulfide) groups is 1. The summed E-state index contributed by atoms with van der Waals surface area (Å²) in [6.45, 7) is 5.50. The van der Waals surface area contributed by atoms with Crippen molar-refractivity contribution in [3.63, 3.8) is 0 Å². The maximum absolute atomic E-state index is 12.2. The third-order valence-electron chi connectivity index (χ3n) is 3.18. The molecule has 22 heavy (non-hydrogen) atoms. The largest absolute Gasteiger partial charge is 0.353 e. The second-order valence-corrected chi connectivity index (χ2v) is 5.36. The smallest absolute Gasteiger partial charge is 0.252 e. The van der Waals surface area contributed by atoms with Crippen LogP contribution in [0.15, 0.2) is 28.3 Å². The van der Waals surface area contributed by atoms with E-state index in [1.165, 1.54) is 11.8 Å². The Balaban J connectivity index is 2.28. The van der Waals surface area contributed by atoms with Crippen molar-refractivity contribution in [3.05, 3.63) is 28.7 Å². The predicted molar refractivity (Wildman–Crippen MR) is 87.2 cm³/mol. The summed E-state index contributed by atoms with van der Waals surface area (Å²) in [6, 6.07) is 3.29. The van der Waals surface area contributed by atoms with Crippen LogP contribution in [0.5, 0.6) is 0 Å². The molecule has 0 radical (unpaired) electrons. The predicted octanol–water partition coefficient (Wildman–Crippen LogP) is 2.30. The molecule has 0 unspecified atom stereocenters. The first-order valence-electron chi connectivity index (χ1n) is 7.33. The van der Waals surface area contributed by atoms with E-state index in [1.807, 2.05) is 20.1 Å². The number of ether oxygens (including phenoxy) is 2. The molecule has 0 atom stereocenters. The van der Waals surface area contributed by atoms with Crippen molar-refractivity contribution in [3.8, 4) is 0 Å². The molecule has 0 saturated carbocycles. The number of hydrogen-bond donors (Lipinski definition) is 0. The van der Waals surface area contributed by atoms with Crippen molar-refractivity contribution in [1.82, 2.24) is 14.5 Å². The first-order chi connectivity index (χ1) is 10.7. The van der Waals surface area contributed by atoms with Crippen LogP contribution in [0.25, 0.3) is 11.0 Å². The van der Waals surface area contributed by atoms with Crippen molar-refractivity contribution in [2.75, 3.05) is 19.5 Å². The first kappa shape index (κ1) is 16.9. The Morgan fingerprint density at radius 3 is 2.64 bits per heavy atom. The lowest BCUT2D eigenvalue weighted by Crippen LogP contribution is -2.25. The van der Waals surface area contributed by atoms with Gasteiger partial charge in [-0.2, -0.15) is 0 Å². The van der Waals surface area contributed by atoms with Gasteiger partial charge in [0.05, 0.1) is 0 Å². The first-order valence-corrected chi connectivity index (χ1v) is 8.55. The van der Waals surface area contributed by atoms with Crippen LogP contribution >= 0.6 is 11.8 Å². The van der Waals surface area contributed by atoms with Gasteiger partial charge in [-0.3, -0.25) is 9.36 Å². The minimum atomic E-state index is -0.306. The maximum Gasteiger partial charge on any atom is 0.252 e. The van der Waals surface area contributed by atoms with E-state index in [0.717, 1.165) is 5.39 Å². The Hall–Kier alpha value is -1.44. The van der Waals surface area contributed by atoms with Crippen LogP contribution in [0.4, 0.5) is 0 Å². The monoisotopic (exact) mass is 323 g/mol. The van der Waals surface area contributed by atoms with Gasteiger partial charge in [0, 0.05) is 43.8 Å². The second-order valence-electron chi connectivity index (χ2n) is 4.59. The third kappa shape index (κ3) is 4.06. The maximum atomic E-state index is 12.2. The third-order valence-corrected chi connectivity index (χ3v) is 3.74. The number of aromatic nitrogens is 3. The minimum Gasteiger partial charge on any atom is -0.353 e. The summed E-state index contributed by atoms with van der Waals surface area (Å²) in [5.74, 6) is 0. The lowest BCUT2D eigenvalue weighted by molar-refractivity contribution is -0.140. The van der Waals surface area contributed by atoms with E-state index >= 15 is 0 Å². The van der Waals surface area contributed by atoms with Gasteiger partial charge in [-0.25, -0.2) is 9.97 Å². The Morgan fingerprint density at radius 1 is 1.27 bits per heavy atom. The van der Waals surface area contributed by atoms with E-state index in [2.05, 4.69) is 9.97 Å². The molecule has 0 aliphatic rings. The minimum absolute atomic E-state index is 0.0787. The molecular formula is C15H21N3O3S. The van der Waals surface area contributed by atoms with Gasteiger partial charge >= 0.3 is 0 Å². The summed E-state index contributed by atoms with van der Waals surface area (Å²) in [5, 5.41) is 1.50. The molecule has 6 nitrogen and oxygen atoms in total. The highest BCUT2D eigenvalue weighted by atomic mass is 32.2. The molecule has 0 fully saturated rings. The van der Waals surface area contributed by atoms with Crippen molar-refractivity contribution < 1.29 is 9.47 Å². The molecule has 0 amide bonds. The second kappa shape index (κ2) is 8.26. The molecule has 120 valence electrons. The van der Waals surface area contributed by atoms with Crippen LogP contribution in [0, 0.1) is 0 Å². The quantitative estimate of drug-likeness (QED) is 0.422. The van der Waals surface area contributed by atoms with Crippen LogP contribution in [-0.2, 0) is 16.0 Å². The lowest BCUT2D eigenvalue weighted by atomic mass is 10.3. The molecular weight excluding hydrogens is 302 g/mol. The topological polar surface area (TPSA) is 66.2 Å². The summed E-state index contributed by atoms with van der Waals surface area (Å²) >= 11 is 1.45. The number of rotatable bonds is 8. The zero-order valence-electron chi connectivity index (χ0n) is 13.1. The van der Waals surface area contributed by atoms with E-state index in [1.54, 1.807) is 22.9 Å². The summed E-state index contributed by atoms with van der Waals surface area (Å²) in [5.41, 5.74) is 0.573. The average molecular weight is 323 g/mol. The zero-order chi connectivity index (χ0) is 15.9.